The van der Waals surface area contributed by atoms with Crippen LogP contribution in [0, 0.1) is 18.3 Å². The minimum absolute atomic E-state index is 0.0225. The third kappa shape index (κ3) is 5.31. The van der Waals surface area contributed by atoms with Crippen molar-refractivity contribution in [3.63, 3.8) is 0 Å². The monoisotopic (exact) mass is 272 g/mol. The quantitative estimate of drug-likeness (QED) is 0.583. The Balaban J connectivity index is 1.67. The molecule has 1 amide bonds. The first-order chi connectivity index (χ1) is 9.78. The summed E-state index contributed by atoms with van der Waals surface area (Å²) in [6.07, 6.45) is 11.3. The predicted octanol–water partition coefficient (Wildman–Crippen LogP) is 2.29. The predicted molar refractivity (Wildman–Crippen MR) is 77.0 cm³/mol. The Morgan fingerprint density at radius 2 is 2.35 bits per heavy atom. The van der Waals surface area contributed by atoms with Crippen molar-refractivity contribution in [3.05, 3.63) is 23.9 Å². The van der Waals surface area contributed by atoms with Crippen molar-refractivity contribution < 1.29 is 9.53 Å². The molecule has 1 N–H and O–H groups in total. The van der Waals surface area contributed by atoms with Gasteiger partial charge in [0.1, 0.15) is 0 Å². The number of pyridine rings is 1. The lowest BCUT2D eigenvalue weighted by Crippen LogP contribution is -2.22. The van der Waals surface area contributed by atoms with E-state index in [-0.39, 0.29) is 5.91 Å². The molecule has 4 nitrogen and oxygen atoms in total. The van der Waals surface area contributed by atoms with Crippen LogP contribution in [-0.4, -0.2) is 17.5 Å². The van der Waals surface area contributed by atoms with Gasteiger partial charge >= 0.3 is 0 Å². The lowest BCUT2D eigenvalue weighted by atomic mass is 10.2. The third-order valence-electron chi connectivity index (χ3n) is 3.18. The summed E-state index contributed by atoms with van der Waals surface area (Å²) in [4.78, 5) is 15.7. The van der Waals surface area contributed by atoms with Crippen LogP contribution < -0.4 is 10.1 Å². The Kier molecular flexibility index (Phi) is 5.43. The summed E-state index contributed by atoms with van der Waals surface area (Å²) in [5, 5.41) is 2.85. The molecule has 1 saturated carbocycles. The number of hydrogen-bond donors (Lipinski definition) is 1. The second kappa shape index (κ2) is 7.54. The summed E-state index contributed by atoms with van der Waals surface area (Å²) in [5.74, 6) is 3.92. The van der Waals surface area contributed by atoms with Gasteiger partial charge in [-0.05, 0) is 30.7 Å². The SMILES string of the molecule is C#CCCCC(=O)NCc1ccc(OCC2CC2)nc1. The van der Waals surface area contributed by atoms with Crippen molar-refractivity contribution in [2.24, 2.45) is 5.92 Å². The van der Waals surface area contributed by atoms with Gasteiger partial charge in [0.05, 0.1) is 6.61 Å². The van der Waals surface area contributed by atoms with Crippen molar-refractivity contribution >= 4 is 5.91 Å². The highest BCUT2D eigenvalue weighted by Crippen LogP contribution is 2.29. The van der Waals surface area contributed by atoms with Crippen molar-refractivity contribution in [3.8, 4) is 18.2 Å². The van der Waals surface area contributed by atoms with Crippen molar-refractivity contribution in [1.82, 2.24) is 10.3 Å². The molecule has 4 heteroatoms. The fourth-order valence-electron chi connectivity index (χ4n) is 1.73. The van der Waals surface area contributed by atoms with Gasteiger partial charge in [0.2, 0.25) is 11.8 Å². The van der Waals surface area contributed by atoms with Gasteiger partial charge < -0.3 is 10.1 Å². The van der Waals surface area contributed by atoms with E-state index >= 15 is 0 Å². The third-order valence-corrected chi connectivity index (χ3v) is 3.18. The molecule has 0 bridgehead atoms. The second-order valence-corrected chi connectivity index (χ2v) is 5.09. The summed E-state index contributed by atoms with van der Waals surface area (Å²) in [7, 11) is 0. The van der Waals surface area contributed by atoms with E-state index in [1.165, 1.54) is 12.8 Å². The standard InChI is InChI=1S/C16H20N2O2/c1-2-3-4-5-15(19)17-10-14-8-9-16(18-11-14)20-12-13-6-7-13/h1,8-9,11,13H,3-7,10,12H2,(H,17,19). The van der Waals surface area contributed by atoms with E-state index in [1.807, 2.05) is 12.1 Å². The van der Waals surface area contributed by atoms with Crippen LogP contribution in [-0.2, 0) is 11.3 Å². The molecule has 106 valence electrons. The number of aromatic nitrogens is 1. The maximum absolute atomic E-state index is 11.5. The fourth-order valence-corrected chi connectivity index (χ4v) is 1.73. The van der Waals surface area contributed by atoms with Gasteiger partial charge in [-0.25, -0.2) is 4.98 Å². The average Bonchev–Trinajstić information content (AvgIpc) is 3.28. The number of hydrogen-bond acceptors (Lipinski definition) is 3. The Bertz CT molecular complexity index is 472. The number of nitrogens with zero attached hydrogens (tertiary/aromatic N) is 1. The first kappa shape index (κ1) is 14.4. The van der Waals surface area contributed by atoms with Gasteiger partial charge in [-0.3, -0.25) is 4.79 Å². The van der Waals surface area contributed by atoms with E-state index in [4.69, 9.17) is 11.2 Å². The smallest absolute Gasteiger partial charge is 0.220 e. The molecule has 0 atom stereocenters. The zero-order chi connectivity index (χ0) is 14.2. The Morgan fingerprint density at radius 3 is 3.00 bits per heavy atom. The van der Waals surface area contributed by atoms with Gasteiger partial charge in [0, 0.05) is 31.6 Å². The molecule has 0 saturated heterocycles. The van der Waals surface area contributed by atoms with Crippen LogP contribution in [0.15, 0.2) is 18.3 Å². The van der Waals surface area contributed by atoms with E-state index < -0.39 is 0 Å². The van der Waals surface area contributed by atoms with Crippen LogP contribution in [0.1, 0.15) is 37.7 Å². The maximum atomic E-state index is 11.5. The van der Waals surface area contributed by atoms with Gasteiger partial charge in [-0.1, -0.05) is 6.07 Å². The molecule has 0 spiro atoms. The molecular formula is C16H20N2O2. The minimum Gasteiger partial charge on any atom is -0.477 e. The number of terminal acetylenes is 1. The number of carbonyl (C=O) groups excluding carboxylic acids is 1. The Labute approximate surface area is 119 Å². The maximum Gasteiger partial charge on any atom is 0.220 e. The highest BCUT2D eigenvalue weighted by Gasteiger charge is 2.21. The number of nitrogens with one attached hydrogen (secondary N) is 1. The van der Waals surface area contributed by atoms with Crippen LogP contribution in [0.3, 0.4) is 0 Å². The molecule has 1 heterocycles. The molecule has 0 aromatic carbocycles. The minimum atomic E-state index is 0.0225. The van der Waals surface area contributed by atoms with Crippen LogP contribution >= 0.6 is 0 Å². The number of amides is 1. The van der Waals surface area contributed by atoms with Gasteiger partial charge in [0.15, 0.2) is 0 Å². The summed E-state index contributed by atoms with van der Waals surface area (Å²) < 4.78 is 5.56. The van der Waals surface area contributed by atoms with Crippen LogP contribution in [0.25, 0.3) is 0 Å². The van der Waals surface area contributed by atoms with E-state index in [1.54, 1.807) is 6.20 Å². The van der Waals surface area contributed by atoms with Crippen LogP contribution in [0.5, 0.6) is 5.88 Å². The molecule has 1 aromatic heterocycles. The lowest BCUT2D eigenvalue weighted by molar-refractivity contribution is -0.121. The highest BCUT2D eigenvalue weighted by atomic mass is 16.5. The Morgan fingerprint density at radius 1 is 1.50 bits per heavy atom. The zero-order valence-electron chi connectivity index (χ0n) is 11.6. The summed E-state index contributed by atoms with van der Waals surface area (Å²) >= 11 is 0. The van der Waals surface area contributed by atoms with Gasteiger partial charge in [0.25, 0.3) is 0 Å². The molecule has 1 aromatic rings. The summed E-state index contributed by atoms with van der Waals surface area (Å²) in [6.45, 7) is 1.25. The van der Waals surface area contributed by atoms with Crippen LogP contribution in [0.4, 0.5) is 0 Å². The fraction of sp³-hybridized carbons (Fsp3) is 0.500. The largest absolute Gasteiger partial charge is 0.477 e. The zero-order valence-corrected chi connectivity index (χ0v) is 11.6. The van der Waals surface area contributed by atoms with E-state index in [9.17, 15) is 4.79 Å². The molecule has 20 heavy (non-hydrogen) atoms. The lowest BCUT2D eigenvalue weighted by Gasteiger charge is -2.06. The molecule has 1 fully saturated rings. The first-order valence-electron chi connectivity index (χ1n) is 7.06. The number of carbonyl (C=O) groups is 1. The number of ether oxygens (including phenoxy) is 1. The number of rotatable bonds is 8. The first-order valence-corrected chi connectivity index (χ1v) is 7.06. The van der Waals surface area contributed by atoms with Gasteiger partial charge in [-0.2, -0.15) is 0 Å². The summed E-state index contributed by atoms with van der Waals surface area (Å²) in [5.41, 5.74) is 0.967. The number of unbranched alkanes of at least 4 members (excludes halogenated alkanes) is 1. The van der Waals surface area contributed by atoms with E-state index in [0.29, 0.717) is 25.3 Å². The molecule has 0 unspecified atom stereocenters. The normalized spacial score (nSPS) is 13.6. The average molecular weight is 272 g/mol. The van der Waals surface area contributed by atoms with E-state index in [2.05, 4.69) is 16.2 Å². The molecule has 0 radical (unpaired) electrons. The van der Waals surface area contributed by atoms with Crippen LogP contribution in [0.2, 0.25) is 0 Å². The molecule has 1 aliphatic carbocycles. The van der Waals surface area contributed by atoms with Crippen molar-refractivity contribution in [1.29, 1.82) is 0 Å². The summed E-state index contributed by atoms with van der Waals surface area (Å²) in [6, 6.07) is 3.78. The molecule has 0 aliphatic heterocycles. The highest BCUT2D eigenvalue weighted by molar-refractivity contribution is 5.75. The Hall–Kier alpha value is -2.02. The topological polar surface area (TPSA) is 51.2 Å². The van der Waals surface area contributed by atoms with E-state index in [0.717, 1.165) is 24.5 Å². The van der Waals surface area contributed by atoms with Gasteiger partial charge in [-0.15, -0.1) is 12.3 Å². The van der Waals surface area contributed by atoms with Crippen molar-refractivity contribution in [2.45, 2.75) is 38.6 Å². The molecule has 1 aliphatic rings. The second-order valence-electron chi connectivity index (χ2n) is 5.09. The molecular weight excluding hydrogens is 252 g/mol. The molecule has 2 rings (SSSR count). The van der Waals surface area contributed by atoms with Crippen molar-refractivity contribution in [2.75, 3.05) is 6.61 Å².